The third-order valence-corrected chi connectivity index (χ3v) is 7.55. The summed E-state index contributed by atoms with van der Waals surface area (Å²) in [7, 11) is -0.780. The molecule has 0 spiro atoms. The molecule has 0 amide bonds. The van der Waals surface area contributed by atoms with Crippen LogP contribution in [-0.2, 0) is 0 Å². The second-order valence-corrected chi connectivity index (χ2v) is 8.41. The van der Waals surface area contributed by atoms with E-state index in [1.165, 1.54) is 17.1 Å². The Hall–Kier alpha value is -2.51. The van der Waals surface area contributed by atoms with Crippen molar-refractivity contribution in [2.24, 2.45) is 0 Å². The van der Waals surface area contributed by atoms with Gasteiger partial charge in [0.05, 0.1) is 0 Å². The highest BCUT2D eigenvalue weighted by Crippen LogP contribution is 2.53. The van der Waals surface area contributed by atoms with E-state index in [-0.39, 0.29) is 0 Å². The normalized spacial score (nSPS) is 10.7. The predicted molar refractivity (Wildman–Crippen MR) is 125 cm³/mol. The highest BCUT2D eigenvalue weighted by Gasteiger charge is 2.31. The van der Waals surface area contributed by atoms with Crippen LogP contribution in [0.15, 0.2) is 91.0 Å². The van der Waals surface area contributed by atoms with Crippen molar-refractivity contribution in [3.05, 3.63) is 91.0 Å². The molecule has 0 aliphatic rings. The Bertz CT molecular complexity index is 698. The van der Waals surface area contributed by atoms with Gasteiger partial charge in [-0.1, -0.05) is 54.6 Å². The Morgan fingerprint density at radius 2 is 0.714 bits per heavy atom. The maximum atomic E-state index is 2.54. The SMILES string of the molecule is CCN(c1ccccc1)P(N(CC)c1ccccc1)N(CC)c1ccccc1. The first-order valence-corrected chi connectivity index (χ1v) is 11.3. The summed E-state index contributed by atoms with van der Waals surface area (Å²) in [4.78, 5) is 0. The summed E-state index contributed by atoms with van der Waals surface area (Å²) in [6.07, 6.45) is 0. The van der Waals surface area contributed by atoms with Crippen LogP contribution in [0.4, 0.5) is 17.1 Å². The summed E-state index contributed by atoms with van der Waals surface area (Å²) in [5.74, 6) is 0. The second-order valence-electron chi connectivity index (χ2n) is 6.42. The number of hydrogen-bond donors (Lipinski definition) is 0. The lowest BCUT2D eigenvalue weighted by Gasteiger charge is -2.46. The van der Waals surface area contributed by atoms with Gasteiger partial charge < -0.3 is 14.0 Å². The molecule has 28 heavy (non-hydrogen) atoms. The lowest BCUT2D eigenvalue weighted by atomic mass is 10.3. The van der Waals surface area contributed by atoms with E-state index >= 15 is 0 Å². The highest BCUT2D eigenvalue weighted by atomic mass is 31.2. The van der Waals surface area contributed by atoms with E-state index in [4.69, 9.17) is 0 Å². The molecule has 0 aliphatic carbocycles. The molecular formula is C24H30N3P. The van der Waals surface area contributed by atoms with Crippen LogP contribution in [0.5, 0.6) is 0 Å². The monoisotopic (exact) mass is 391 g/mol. The Morgan fingerprint density at radius 3 is 0.929 bits per heavy atom. The van der Waals surface area contributed by atoms with Crippen molar-refractivity contribution in [1.29, 1.82) is 0 Å². The lowest BCUT2D eigenvalue weighted by Crippen LogP contribution is -2.38. The molecule has 0 bridgehead atoms. The number of rotatable bonds is 9. The summed E-state index contributed by atoms with van der Waals surface area (Å²) in [6.45, 7) is 9.59. The van der Waals surface area contributed by atoms with Crippen LogP contribution in [0.3, 0.4) is 0 Å². The van der Waals surface area contributed by atoms with E-state index in [0.29, 0.717) is 0 Å². The van der Waals surface area contributed by atoms with Gasteiger partial charge in [-0.25, -0.2) is 0 Å². The summed E-state index contributed by atoms with van der Waals surface area (Å²) >= 11 is 0. The van der Waals surface area contributed by atoms with E-state index in [1.807, 2.05) is 0 Å². The molecule has 3 rings (SSSR count). The van der Waals surface area contributed by atoms with Gasteiger partial charge >= 0.3 is 0 Å². The number of hydrogen-bond acceptors (Lipinski definition) is 3. The smallest absolute Gasteiger partial charge is 0.208 e. The fraction of sp³-hybridized carbons (Fsp3) is 0.250. The number of benzene rings is 3. The van der Waals surface area contributed by atoms with E-state index in [1.54, 1.807) is 0 Å². The van der Waals surface area contributed by atoms with Crippen molar-refractivity contribution in [2.45, 2.75) is 20.8 Å². The van der Waals surface area contributed by atoms with Gasteiger partial charge in [-0.15, -0.1) is 0 Å². The molecule has 0 aromatic heterocycles. The van der Waals surface area contributed by atoms with Crippen molar-refractivity contribution in [2.75, 3.05) is 33.6 Å². The largest absolute Gasteiger partial charge is 0.317 e. The van der Waals surface area contributed by atoms with Crippen LogP contribution < -0.4 is 14.0 Å². The van der Waals surface area contributed by atoms with Gasteiger partial charge in [-0.05, 0) is 57.2 Å². The minimum Gasteiger partial charge on any atom is -0.317 e. The first kappa shape index (κ1) is 20.2. The summed E-state index contributed by atoms with van der Waals surface area (Å²) in [6, 6.07) is 32.3. The highest BCUT2D eigenvalue weighted by molar-refractivity contribution is 7.62. The predicted octanol–water partition coefficient (Wildman–Crippen LogP) is 6.79. The zero-order valence-corrected chi connectivity index (χ0v) is 18.0. The fourth-order valence-electron chi connectivity index (χ4n) is 3.43. The number of nitrogens with zero attached hydrogens (tertiary/aromatic N) is 3. The quantitative estimate of drug-likeness (QED) is 0.372. The first-order chi connectivity index (χ1) is 13.8. The third kappa shape index (κ3) is 4.48. The Morgan fingerprint density at radius 1 is 0.464 bits per heavy atom. The summed E-state index contributed by atoms with van der Waals surface area (Å²) < 4.78 is 7.63. The summed E-state index contributed by atoms with van der Waals surface area (Å²) in [5.41, 5.74) is 3.79. The maximum absolute atomic E-state index is 2.54. The van der Waals surface area contributed by atoms with E-state index in [9.17, 15) is 0 Å². The Balaban J connectivity index is 2.11. The molecule has 0 N–H and O–H groups in total. The zero-order chi connectivity index (χ0) is 19.8. The first-order valence-electron chi connectivity index (χ1n) is 10.1. The standard InChI is InChI=1S/C24H30N3P/c1-4-25(22-16-10-7-11-17-22)28(26(5-2)23-18-12-8-13-19-23)27(6-3)24-20-14-9-15-21-24/h7-21H,4-6H2,1-3H3. The van der Waals surface area contributed by atoms with Crippen LogP contribution in [0.2, 0.25) is 0 Å². The van der Waals surface area contributed by atoms with Crippen molar-refractivity contribution < 1.29 is 0 Å². The van der Waals surface area contributed by atoms with Crippen LogP contribution in [0, 0.1) is 0 Å². The van der Waals surface area contributed by atoms with Gasteiger partial charge in [-0.2, -0.15) is 0 Å². The molecule has 3 aromatic rings. The average Bonchev–Trinajstić information content (AvgIpc) is 2.77. The van der Waals surface area contributed by atoms with E-state index in [0.717, 1.165) is 19.6 Å². The molecule has 0 saturated carbocycles. The number of anilines is 3. The molecule has 3 aromatic carbocycles. The molecule has 0 fully saturated rings. The lowest BCUT2D eigenvalue weighted by molar-refractivity contribution is 0.991. The van der Waals surface area contributed by atoms with E-state index < -0.39 is 8.37 Å². The van der Waals surface area contributed by atoms with Gasteiger partial charge in [0, 0.05) is 36.7 Å². The van der Waals surface area contributed by atoms with Crippen LogP contribution >= 0.6 is 8.37 Å². The molecule has 0 aliphatic heterocycles. The van der Waals surface area contributed by atoms with Gasteiger partial charge in [0.2, 0.25) is 8.37 Å². The molecule has 0 saturated heterocycles. The molecule has 0 atom stereocenters. The molecule has 0 radical (unpaired) electrons. The van der Waals surface area contributed by atoms with Crippen molar-refractivity contribution in [1.82, 2.24) is 0 Å². The average molecular weight is 391 g/mol. The molecule has 146 valence electrons. The Labute approximate surface area is 171 Å². The maximum Gasteiger partial charge on any atom is 0.208 e. The van der Waals surface area contributed by atoms with Crippen LogP contribution in [0.25, 0.3) is 0 Å². The molecule has 0 unspecified atom stereocenters. The van der Waals surface area contributed by atoms with Crippen molar-refractivity contribution in [3.8, 4) is 0 Å². The third-order valence-electron chi connectivity index (χ3n) is 4.71. The second kappa shape index (κ2) is 10.1. The zero-order valence-electron chi connectivity index (χ0n) is 17.1. The van der Waals surface area contributed by atoms with Gasteiger partial charge in [-0.3, -0.25) is 0 Å². The minimum absolute atomic E-state index is 0.780. The van der Waals surface area contributed by atoms with Crippen LogP contribution in [0.1, 0.15) is 20.8 Å². The molecular weight excluding hydrogens is 361 g/mol. The van der Waals surface area contributed by atoms with Gasteiger partial charge in [0.25, 0.3) is 0 Å². The molecule has 0 heterocycles. The van der Waals surface area contributed by atoms with Crippen molar-refractivity contribution in [3.63, 3.8) is 0 Å². The van der Waals surface area contributed by atoms with Crippen LogP contribution in [-0.4, -0.2) is 19.6 Å². The van der Waals surface area contributed by atoms with Crippen molar-refractivity contribution >= 4 is 25.4 Å². The fourth-order valence-corrected chi connectivity index (χ4v) is 5.99. The topological polar surface area (TPSA) is 9.72 Å². The Kier molecular flexibility index (Phi) is 7.33. The summed E-state index contributed by atoms with van der Waals surface area (Å²) in [5, 5.41) is 0. The number of para-hydroxylation sites is 3. The van der Waals surface area contributed by atoms with Gasteiger partial charge in [0.1, 0.15) is 0 Å². The van der Waals surface area contributed by atoms with E-state index in [2.05, 4.69) is 126 Å². The molecule has 3 nitrogen and oxygen atoms in total. The minimum atomic E-state index is -0.780. The molecule has 4 heteroatoms. The van der Waals surface area contributed by atoms with Gasteiger partial charge in [0.15, 0.2) is 0 Å².